The molecule has 0 amide bonds. The van der Waals surface area contributed by atoms with Crippen LogP contribution in [-0.4, -0.2) is 64.0 Å². The molecule has 0 radical (unpaired) electrons. The zero-order valence-corrected chi connectivity index (χ0v) is 21.5. The lowest BCUT2D eigenvalue weighted by Gasteiger charge is -2.33. The van der Waals surface area contributed by atoms with Crippen molar-refractivity contribution in [3.05, 3.63) is 59.1 Å². The highest BCUT2D eigenvalue weighted by Gasteiger charge is 2.24. The Morgan fingerprint density at radius 1 is 1.29 bits per heavy atom. The van der Waals surface area contributed by atoms with Crippen LogP contribution in [0.15, 0.2) is 69.1 Å². The summed E-state index contributed by atoms with van der Waals surface area (Å²) >= 11 is 1.79. The zero-order chi connectivity index (χ0) is 24.6. The van der Waals surface area contributed by atoms with Crippen molar-refractivity contribution in [2.24, 2.45) is 15.9 Å². The standard InChI is InChI=1S/C24H34N6O2S2/c1-19(25-2)27-24(26-3)28-21-9-11-23(12-10-21)34(31,32)29(4)15-13-20-7-5-14-30(17-20)18-22-8-6-16-33-22/h6,8-12,16,20,25H,1,3,5,7,13-15,17-18H2,2,4H3,(H,27,28)/t20-/m0/s1. The van der Waals surface area contributed by atoms with Crippen LogP contribution in [0, 0.1) is 5.92 Å². The topological polar surface area (TPSA) is 89.4 Å². The van der Waals surface area contributed by atoms with E-state index in [1.54, 1.807) is 49.7 Å². The third-order valence-corrected chi connectivity index (χ3v) is 8.64. The van der Waals surface area contributed by atoms with Crippen molar-refractivity contribution in [3.63, 3.8) is 0 Å². The van der Waals surface area contributed by atoms with Gasteiger partial charge in [0.2, 0.25) is 16.0 Å². The van der Waals surface area contributed by atoms with Crippen molar-refractivity contribution in [1.29, 1.82) is 0 Å². The number of anilines is 1. The monoisotopic (exact) mass is 502 g/mol. The Bertz CT molecular complexity index is 1080. The van der Waals surface area contributed by atoms with E-state index in [-0.39, 0.29) is 10.9 Å². The number of guanidine groups is 1. The van der Waals surface area contributed by atoms with Gasteiger partial charge in [-0.05, 0) is 74.2 Å². The van der Waals surface area contributed by atoms with E-state index in [4.69, 9.17) is 0 Å². The summed E-state index contributed by atoms with van der Waals surface area (Å²) in [7, 11) is -0.202. The van der Waals surface area contributed by atoms with E-state index < -0.39 is 10.0 Å². The zero-order valence-electron chi connectivity index (χ0n) is 19.9. The average molecular weight is 503 g/mol. The summed E-state index contributed by atoms with van der Waals surface area (Å²) in [6, 6.07) is 10.8. The van der Waals surface area contributed by atoms with Crippen LogP contribution in [0.4, 0.5) is 5.69 Å². The highest BCUT2D eigenvalue weighted by molar-refractivity contribution is 7.89. The molecule has 34 heavy (non-hydrogen) atoms. The number of benzene rings is 1. The fourth-order valence-electron chi connectivity index (χ4n) is 3.94. The second kappa shape index (κ2) is 12.3. The van der Waals surface area contributed by atoms with E-state index in [9.17, 15) is 8.42 Å². The molecule has 0 spiro atoms. The van der Waals surface area contributed by atoms with Gasteiger partial charge >= 0.3 is 0 Å². The van der Waals surface area contributed by atoms with Crippen molar-refractivity contribution in [2.45, 2.75) is 30.7 Å². The third-order valence-electron chi connectivity index (χ3n) is 5.91. The maximum atomic E-state index is 13.1. The lowest BCUT2D eigenvalue weighted by Crippen LogP contribution is -2.37. The largest absolute Gasteiger partial charge is 0.374 e. The summed E-state index contributed by atoms with van der Waals surface area (Å²) in [5.74, 6) is 1.21. The van der Waals surface area contributed by atoms with Crippen LogP contribution in [0.1, 0.15) is 24.1 Å². The summed E-state index contributed by atoms with van der Waals surface area (Å²) in [5.41, 5.74) is 0.657. The molecule has 184 valence electrons. The lowest BCUT2D eigenvalue weighted by atomic mass is 9.95. The Kier molecular flexibility index (Phi) is 9.40. The van der Waals surface area contributed by atoms with E-state index in [1.165, 1.54) is 9.18 Å². The summed E-state index contributed by atoms with van der Waals surface area (Å²) < 4.78 is 27.6. The maximum Gasteiger partial charge on any atom is 0.242 e. The molecule has 0 unspecified atom stereocenters. The van der Waals surface area contributed by atoms with Gasteiger partial charge < -0.3 is 10.6 Å². The summed E-state index contributed by atoms with van der Waals surface area (Å²) in [5, 5.41) is 7.92. The third kappa shape index (κ3) is 7.23. The molecule has 0 aliphatic carbocycles. The van der Waals surface area contributed by atoms with Gasteiger partial charge in [0.05, 0.1) is 4.90 Å². The Balaban J connectivity index is 1.55. The number of aliphatic imine (C=N–C) groups is 2. The fraction of sp³-hybridized carbons (Fsp3) is 0.417. The van der Waals surface area contributed by atoms with Gasteiger partial charge in [0.25, 0.3) is 0 Å². The minimum absolute atomic E-state index is 0.258. The number of likely N-dealkylation sites (tertiary alicyclic amines) is 1. The van der Waals surface area contributed by atoms with E-state index in [2.05, 4.69) is 56.3 Å². The average Bonchev–Trinajstić information content (AvgIpc) is 3.35. The Labute approximate surface area is 207 Å². The molecular formula is C24H34N6O2S2. The molecular weight excluding hydrogens is 468 g/mol. The van der Waals surface area contributed by atoms with Crippen LogP contribution in [-0.2, 0) is 16.6 Å². The molecule has 0 bridgehead atoms. The number of rotatable bonds is 10. The quantitative estimate of drug-likeness (QED) is 0.381. The number of sulfonamides is 1. The molecule has 10 heteroatoms. The Morgan fingerprint density at radius 2 is 2.06 bits per heavy atom. The molecule has 1 aromatic carbocycles. The molecule has 0 saturated carbocycles. The van der Waals surface area contributed by atoms with Crippen LogP contribution in [0.2, 0.25) is 0 Å². The number of nitrogens with zero attached hydrogens (tertiary/aromatic N) is 4. The van der Waals surface area contributed by atoms with E-state index in [0.717, 1.165) is 38.9 Å². The van der Waals surface area contributed by atoms with E-state index in [0.29, 0.717) is 24.0 Å². The first-order chi connectivity index (χ1) is 16.3. The van der Waals surface area contributed by atoms with Gasteiger partial charge in [-0.15, -0.1) is 11.3 Å². The van der Waals surface area contributed by atoms with Crippen LogP contribution in [0.25, 0.3) is 0 Å². The van der Waals surface area contributed by atoms with Gasteiger partial charge in [0, 0.05) is 44.3 Å². The van der Waals surface area contributed by atoms with E-state index >= 15 is 0 Å². The molecule has 1 fully saturated rings. The number of hydrogen-bond donors (Lipinski definition) is 2. The van der Waals surface area contributed by atoms with Crippen LogP contribution in [0.5, 0.6) is 0 Å². The highest BCUT2D eigenvalue weighted by Crippen LogP contribution is 2.24. The first-order valence-corrected chi connectivity index (χ1v) is 13.6. The fourth-order valence-corrected chi connectivity index (χ4v) is 5.88. The number of thiophene rings is 1. The predicted molar refractivity (Wildman–Crippen MR) is 142 cm³/mol. The van der Waals surface area contributed by atoms with Gasteiger partial charge in [-0.1, -0.05) is 12.6 Å². The van der Waals surface area contributed by atoms with Crippen molar-refractivity contribution in [2.75, 3.05) is 39.0 Å². The van der Waals surface area contributed by atoms with Crippen LogP contribution < -0.4 is 10.6 Å². The van der Waals surface area contributed by atoms with Gasteiger partial charge in [-0.2, -0.15) is 4.99 Å². The van der Waals surface area contributed by atoms with Crippen molar-refractivity contribution in [3.8, 4) is 0 Å². The maximum absolute atomic E-state index is 13.1. The Morgan fingerprint density at radius 3 is 2.71 bits per heavy atom. The predicted octanol–water partition coefficient (Wildman–Crippen LogP) is 3.83. The number of hydrogen-bond acceptors (Lipinski definition) is 6. The molecule has 8 nitrogen and oxygen atoms in total. The van der Waals surface area contributed by atoms with Gasteiger partial charge in [0.15, 0.2) is 0 Å². The van der Waals surface area contributed by atoms with E-state index in [1.807, 2.05) is 0 Å². The van der Waals surface area contributed by atoms with Crippen molar-refractivity contribution >= 4 is 39.7 Å². The van der Waals surface area contributed by atoms with Crippen LogP contribution >= 0.6 is 11.3 Å². The molecule has 1 aromatic heterocycles. The SMILES string of the molecule is C=N/C(=N\C(=C)NC)Nc1ccc(S(=O)(=O)N(C)CC[C@@H]2CCCN(Cc3cccs3)C2)cc1. The first-order valence-electron chi connectivity index (χ1n) is 11.3. The summed E-state index contributed by atoms with van der Waals surface area (Å²) in [6.07, 6.45) is 3.17. The van der Waals surface area contributed by atoms with Crippen LogP contribution in [0.3, 0.4) is 0 Å². The molecule has 1 aliphatic rings. The highest BCUT2D eigenvalue weighted by atomic mass is 32.2. The second-order valence-corrected chi connectivity index (χ2v) is 11.5. The minimum atomic E-state index is -3.56. The van der Waals surface area contributed by atoms with Gasteiger partial charge in [-0.3, -0.25) is 4.90 Å². The van der Waals surface area contributed by atoms with Gasteiger partial charge in [0.1, 0.15) is 5.82 Å². The molecule has 3 rings (SSSR count). The summed E-state index contributed by atoms with van der Waals surface area (Å²) in [6.45, 7) is 10.8. The number of piperidine rings is 1. The molecule has 2 aromatic rings. The normalized spacial score (nSPS) is 17.5. The van der Waals surface area contributed by atoms with Gasteiger partial charge in [-0.25, -0.2) is 17.7 Å². The minimum Gasteiger partial charge on any atom is -0.374 e. The molecule has 1 aliphatic heterocycles. The Hall–Kier alpha value is -2.53. The second-order valence-electron chi connectivity index (χ2n) is 8.38. The molecule has 1 atom stereocenters. The molecule has 2 heterocycles. The van der Waals surface area contributed by atoms with Crippen molar-refractivity contribution < 1.29 is 8.42 Å². The first kappa shape index (κ1) is 26.1. The smallest absolute Gasteiger partial charge is 0.242 e. The molecule has 1 saturated heterocycles. The summed E-state index contributed by atoms with van der Waals surface area (Å²) in [4.78, 5) is 12.1. The van der Waals surface area contributed by atoms with Crippen molar-refractivity contribution in [1.82, 2.24) is 14.5 Å². The lowest BCUT2D eigenvalue weighted by molar-refractivity contribution is 0.159. The number of nitrogens with one attached hydrogen (secondary N) is 2. The molecule has 2 N–H and O–H groups in total.